The van der Waals surface area contributed by atoms with Crippen LogP contribution in [-0.2, 0) is 6.54 Å². The zero-order valence-electron chi connectivity index (χ0n) is 11.1. The van der Waals surface area contributed by atoms with Crippen molar-refractivity contribution in [3.63, 3.8) is 0 Å². The third-order valence-electron chi connectivity index (χ3n) is 3.18. The zero-order valence-corrected chi connectivity index (χ0v) is 11.1. The minimum Gasteiger partial charge on any atom is -0.366 e. The summed E-state index contributed by atoms with van der Waals surface area (Å²) >= 11 is 0. The number of benzene rings is 1. The summed E-state index contributed by atoms with van der Waals surface area (Å²) in [6.07, 6.45) is 2.64. The van der Waals surface area contributed by atoms with Crippen LogP contribution >= 0.6 is 0 Å². The Kier molecular flexibility index (Phi) is 4.39. The Morgan fingerprint density at radius 2 is 2.00 bits per heavy atom. The van der Waals surface area contributed by atoms with Crippen molar-refractivity contribution in [2.75, 3.05) is 13.6 Å². The Morgan fingerprint density at radius 1 is 1.32 bits per heavy atom. The molecule has 4 N–H and O–H groups in total. The van der Waals surface area contributed by atoms with Gasteiger partial charge in [0, 0.05) is 25.7 Å². The van der Waals surface area contributed by atoms with Crippen molar-refractivity contribution in [2.24, 2.45) is 16.6 Å². The van der Waals surface area contributed by atoms with Gasteiger partial charge in [-0.3, -0.25) is 9.79 Å². The first-order chi connectivity index (χ1) is 9.19. The maximum Gasteiger partial charge on any atom is 0.248 e. The van der Waals surface area contributed by atoms with E-state index < -0.39 is 5.91 Å². The highest BCUT2D eigenvalue weighted by Gasteiger charge is 2.20. The van der Waals surface area contributed by atoms with E-state index >= 15 is 0 Å². The molecule has 1 saturated carbocycles. The normalized spacial score (nSPS) is 15.1. The van der Waals surface area contributed by atoms with Crippen LogP contribution in [0.25, 0.3) is 0 Å². The highest BCUT2D eigenvalue weighted by molar-refractivity contribution is 5.92. The number of rotatable bonds is 5. The van der Waals surface area contributed by atoms with Gasteiger partial charge in [0.1, 0.15) is 0 Å². The zero-order chi connectivity index (χ0) is 13.7. The third-order valence-corrected chi connectivity index (χ3v) is 3.18. The van der Waals surface area contributed by atoms with Crippen molar-refractivity contribution in [3.8, 4) is 0 Å². The van der Waals surface area contributed by atoms with Crippen LogP contribution in [0.3, 0.4) is 0 Å². The van der Waals surface area contributed by atoms with Gasteiger partial charge in [-0.15, -0.1) is 0 Å². The lowest BCUT2D eigenvalue weighted by Crippen LogP contribution is -2.37. The number of carbonyl (C=O) groups is 1. The average molecular weight is 260 g/mol. The smallest absolute Gasteiger partial charge is 0.248 e. The van der Waals surface area contributed by atoms with E-state index in [4.69, 9.17) is 5.73 Å². The Bertz CT molecular complexity index is 463. The molecule has 1 amide bonds. The Balaban J connectivity index is 1.80. The van der Waals surface area contributed by atoms with Crippen LogP contribution in [0.1, 0.15) is 28.8 Å². The molecular formula is C14H20N4O. The van der Waals surface area contributed by atoms with Crippen molar-refractivity contribution >= 4 is 11.9 Å². The van der Waals surface area contributed by atoms with Crippen molar-refractivity contribution in [2.45, 2.75) is 19.4 Å². The van der Waals surface area contributed by atoms with E-state index in [9.17, 15) is 4.79 Å². The van der Waals surface area contributed by atoms with Crippen molar-refractivity contribution in [3.05, 3.63) is 35.4 Å². The number of nitrogens with zero attached hydrogens (tertiary/aromatic N) is 1. The molecule has 2 rings (SSSR count). The van der Waals surface area contributed by atoms with Crippen molar-refractivity contribution in [1.29, 1.82) is 0 Å². The molecule has 5 nitrogen and oxygen atoms in total. The van der Waals surface area contributed by atoms with E-state index in [2.05, 4.69) is 15.6 Å². The molecule has 1 aliphatic rings. The van der Waals surface area contributed by atoms with E-state index in [0.717, 1.165) is 24.0 Å². The summed E-state index contributed by atoms with van der Waals surface area (Å²) in [6, 6.07) is 7.25. The molecule has 0 radical (unpaired) electrons. The monoisotopic (exact) mass is 260 g/mol. The van der Waals surface area contributed by atoms with Gasteiger partial charge in [0.15, 0.2) is 5.96 Å². The van der Waals surface area contributed by atoms with Crippen LogP contribution in [0.5, 0.6) is 0 Å². The highest BCUT2D eigenvalue weighted by atomic mass is 16.1. The topological polar surface area (TPSA) is 79.5 Å². The van der Waals surface area contributed by atoms with Gasteiger partial charge in [0.2, 0.25) is 5.91 Å². The minimum absolute atomic E-state index is 0.401. The van der Waals surface area contributed by atoms with E-state index in [1.165, 1.54) is 12.8 Å². The minimum atomic E-state index is -0.401. The number of primary amides is 1. The molecule has 0 spiro atoms. The Morgan fingerprint density at radius 3 is 2.53 bits per heavy atom. The summed E-state index contributed by atoms with van der Waals surface area (Å²) in [7, 11) is 1.76. The molecule has 1 aromatic rings. The lowest BCUT2D eigenvalue weighted by molar-refractivity contribution is 0.100. The van der Waals surface area contributed by atoms with E-state index in [0.29, 0.717) is 12.1 Å². The largest absolute Gasteiger partial charge is 0.366 e. The van der Waals surface area contributed by atoms with Gasteiger partial charge in [-0.2, -0.15) is 0 Å². The maximum atomic E-state index is 11.0. The van der Waals surface area contributed by atoms with Gasteiger partial charge in [-0.25, -0.2) is 0 Å². The standard InChI is InChI=1S/C14H20N4O/c1-16-14(17-8-10-2-3-10)18-9-11-4-6-12(7-5-11)13(15)19/h4-7,10H,2-3,8-9H2,1H3,(H2,15,19)(H2,16,17,18). The molecule has 0 saturated heterocycles. The summed E-state index contributed by atoms with van der Waals surface area (Å²) in [5.74, 6) is 1.22. The molecular weight excluding hydrogens is 240 g/mol. The molecule has 0 atom stereocenters. The molecule has 1 aromatic carbocycles. The molecule has 1 fully saturated rings. The SMILES string of the molecule is CN=C(NCc1ccc(C(N)=O)cc1)NCC1CC1. The molecule has 5 heteroatoms. The maximum absolute atomic E-state index is 11.0. The van der Waals surface area contributed by atoms with Gasteiger partial charge in [-0.1, -0.05) is 12.1 Å². The fourth-order valence-electron chi connectivity index (χ4n) is 1.76. The lowest BCUT2D eigenvalue weighted by Gasteiger charge is -2.11. The first kappa shape index (κ1) is 13.4. The number of nitrogens with one attached hydrogen (secondary N) is 2. The van der Waals surface area contributed by atoms with Gasteiger partial charge in [0.05, 0.1) is 0 Å². The van der Waals surface area contributed by atoms with Crippen LogP contribution in [-0.4, -0.2) is 25.5 Å². The Hall–Kier alpha value is -2.04. The van der Waals surface area contributed by atoms with Gasteiger partial charge in [-0.05, 0) is 36.5 Å². The summed E-state index contributed by atoms with van der Waals surface area (Å²) in [5.41, 5.74) is 6.81. The summed E-state index contributed by atoms with van der Waals surface area (Å²) < 4.78 is 0. The molecule has 0 aliphatic heterocycles. The quantitative estimate of drug-likeness (QED) is 0.542. The van der Waals surface area contributed by atoms with Gasteiger partial charge in [0.25, 0.3) is 0 Å². The molecule has 102 valence electrons. The van der Waals surface area contributed by atoms with E-state index in [1.807, 2.05) is 12.1 Å². The number of hydrogen-bond donors (Lipinski definition) is 3. The molecule has 1 aliphatic carbocycles. The van der Waals surface area contributed by atoms with Crippen LogP contribution in [0.15, 0.2) is 29.3 Å². The number of carbonyl (C=O) groups excluding carboxylic acids is 1. The van der Waals surface area contributed by atoms with E-state index in [1.54, 1.807) is 19.2 Å². The second kappa shape index (κ2) is 6.22. The fraction of sp³-hybridized carbons (Fsp3) is 0.429. The lowest BCUT2D eigenvalue weighted by atomic mass is 10.1. The second-order valence-electron chi connectivity index (χ2n) is 4.81. The third kappa shape index (κ3) is 4.28. The van der Waals surface area contributed by atoms with Crippen LogP contribution < -0.4 is 16.4 Å². The number of hydrogen-bond acceptors (Lipinski definition) is 2. The predicted octanol–water partition coefficient (Wildman–Crippen LogP) is 0.860. The number of nitrogens with two attached hydrogens (primary N) is 1. The summed E-state index contributed by atoms with van der Waals surface area (Å²) in [5, 5.41) is 6.54. The predicted molar refractivity (Wildman–Crippen MR) is 75.9 cm³/mol. The van der Waals surface area contributed by atoms with Crippen molar-refractivity contribution in [1.82, 2.24) is 10.6 Å². The van der Waals surface area contributed by atoms with Gasteiger partial charge >= 0.3 is 0 Å². The number of aliphatic imine (C=N–C) groups is 1. The van der Waals surface area contributed by atoms with E-state index in [-0.39, 0.29) is 0 Å². The molecule has 0 unspecified atom stereocenters. The Labute approximate surface area is 113 Å². The highest BCUT2D eigenvalue weighted by Crippen LogP contribution is 2.27. The summed E-state index contributed by atoms with van der Waals surface area (Å²) in [4.78, 5) is 15.1. The summed E-state index contributed by atoms with van der Waals surface area (Å²) in [6.45, 7) is 1.66. The van der Waals surface area contributed by atoms with Crippen LogP contribution in [0, 0.1) is 5.92 Å². The van der Waals surface area contributed by atoms with Crippen LogP contribution in [0.2, 0.25) is 0 Å². The first-order valence-corrected chi connectivity index (χ1v) is 6.52. The second-order valence-corrected chi connectivity index (χ2v) is 4.81. The van der Waals surface area contributed by atoms with Crippen LogP contribution in [0.4, 0.5) is 0 Å². The van der Waals surface area contributed by atoms with Gasteiger partial charge < -0.3 is 16.4 Å². The first-order valence-electron chi connectivity index (χ1n) is 6.52. The number of amides is 1. The van der Waals surface area contributed by atoms with Crippen molar-refractivity contribution < 1.29 is 4.79 Å². The molecule has 0 aromatic heterocycles. The molecule has 0 bridgehead atoms. The number of guanidine groups is 1. The molecule has 19 heavy (non-hydrogen) atoms. The average Bonchev–Trinajstić information content (AvgIpc) is 3.23. The fourth-order valence-corrected chi connectivity index (χ4v) is 1.76. The molecule has 0 heterocycles.